The molecule has 0 atom stereocenters. The summed E-state index contributed by atoms with van der Waals surface area (Å²) in [5.41, 5.74) is 1.86. The summed E-state index contributed by atoms with van der Waals surface area (Å²) >= 11 is 3.44. The zero-order valence-corrected chi connectivity index (χ0v) is 15.7. The molecule has 27 heavy (non-hydrogen) atoms. The summed E-state index contributed by atoms with van der Waals surface area (Å²) in [7, 11) is 0. The van der Waals surface area contributed by atoms with Crippen LogP contribution in [0.1, 0.15) is 5.56 Å². The molecule has 0 aliphatic rings. The van der Waals surface area contributed by atoms with Crippen molar-refractivity contribution in [2.45, 2.75) is 0 Å². The van der Waals surface area contributed by atoms with Crippen molar-refractivity contribution < 1.29 is 9.15 Å². The Morgan fingerprint density at radius 3 is 2.56 bits per heavy atom. The van der Waals surface area contributed by atoms with Gasteiger partial charge in [0.25, 0.3) is 0 Å². The van der Waals surface area contributed by atoms with Crippen molar-refractivity contribution in [3.8, 4) is 11.5 Å². The number of fused-ring (bicyclic) bond motifs is 1. The quantitative estimate of drug-likeness (QED) is 0.296. The summed E-state index contributed by atoms with van der Waals surface area (Å²) in [5, 5.41) is 0.744. The molecule has 0 fully saturated rings. The van der Waals surface area contributed by atoms with Gasteiger partial charge in [-0.25, -0.2) is 4.79 Å². The van der Waals surface area contributed by atoms with E-state index >= 15 is 0 Å². The van der Waals surface area contributed by atoms with Gasteiger partial charge in [-0.15, -0.1) is 0 Å². The lowest BCUT2D eigenvalue weighted by molar-refractivity contribution is 0.475. The van der Waals surface area contributed by atoms with Gasteiger partial charge in [0.2, 0.25) is 0 Å². The second-order valence-corrected chi connectivity index (χ2v) is 6.75. The van der Waals surface area contributed by atoms with Crippen LogP contribution in [0.4, 0.5) is 5.69 Å². The van der Waals surface area contributed by atoms with Gasteiger partial charge in [-0.2, -0.15) is 0 Å². The zero-order valence-electron chi connectivity index (χ0n) is 14.1. The maximum absolute atomic E-state index is 11.7. The molecule has 1 aromatic heterocycles. The molecule has 4 aromatic rings. The minimum Gasteiger partial charge on any atom is -0.456 e. The predicted octanol–water partition coefficient (Wildman–Crippen LogP) is 6.10. The van der Waals surface area contributed by atoms with Crippen molar-refractivity contribution >= 4 is 38.8 Å². The number of hydrogen-bond acceptors (Lipinski definition) is 4. The maximum Gasteiger partial charge on any atom is 0.339 e. The molecule has 132 valence electrons. The molecule has 0 saturated carbocycles. The van der Waals surface area contributed by atoms with Crippen molar-refractivity contribution in [1.82, 2.24) is 0 Å². The Hall–Kier alpha value is -3.18. The van der Waals surface area contributed by atoms with Crippen LogP contribution in [0.15, 0.2) is 97.5 Å². The van der Waals surface area contributed by atoms with E-state index in [2.05, 4.69) is 20.9 Å². The van der Waals surface area contributed by atoms with Crippen LogP contribution < -0.4 is 10.4 Å². The second kappa shape index (κ2) is 7.60. The van der Waals surface area contributed by atoms with E-state index in [1.165, 1.54) is 6.07 Å². The minimum absolute atomic E-state index is 0.445. The Kier molecular flexibility index (Phi) is 4.85. The molecule has 0 amide bonds. The summed E-state index contributed by atoms with van der Waals surface area (Å²) in [6, 6.07) is 23.9. The standard InChI is InChI=1S/C22H14BrNO3/c23-16-5-3-4-15(12-16)14-24-17-8-10-18(11-9-17)26-21-13-22(25)27-20-7-2-1-6-19(20)21/h1-14H. The van der Waals surface area contributed by atoms with Gasteiger partial charge in [-0.05, 0) is 54.1 Å². The molecule has 1 heterocycles. The first-order chi connectivity index (χ1) is 13.2. The van der Waals surface area contributed by atoms with Crippen molar-refractivity contribution in [1.29, 1.82) is 0 Å². The molecular formula is C22H14BrNO3. The number of benzene rings is 3. The first kappa shape index (κ1) is 17.2. The van der Waals surface area contributed by atoms with E-state index in [9.17, 15) is 4.79 Å². The third-order valence-corrected chi connectivity index (χ3v) is 4.38. The van der Waals surface area contributed by atoms with Gasteiger partial charge in [0.05, 0.1) is 17.1 Å². The van der Waals surface area contributed by atoms with E-state index in [4.69, 9.17) is 9.15 Å². The lowest BCUT2D eigenvalue weighted by atomic mass is 10.2. The van der Waals surface area contributed by atoms with Crippen LogP contribution in [0.25, 0.3) is 11.0 Å². The van der Waals surface area contributed by atoms with Crippen LogP contribution >= 0.6 is 15.9 Å². The van der Waals surface area contributed by atoms with Crippen molar-refractivity contribution in [3.05, 3.63) is 99.3 Å². The number of nitrogens with zero attached hydrogens (tertiary/aromatic N) is 1. The summed E-state index contributed by atoms with van der Waals surface area (Å²) in [6.07, 6.45) is 1.80. The molecule has 4 rings (SSSR count). The van der Waals surface area contributed by atoms with E-state index in [1.807, 2.05) is 66.7 Å². The van der Waals surface area contributed by atoms with Crippen LogP contribution in [0.3, 0.4) is 0 Å². The normalized spacial score (nSPS) is 11.1. The Morgan fingerprint density at radius 2 is 1.74 bits per heavy atom. The average molecular weight is 420 g/mol. The SMILES string of the molecule is O=c1cc(Oc2ccc(N=Cc3cccc(Br)c3)cc2)c2ccccc2o1. The summed E-state index contributed by atoms with van der Waals surface area (Å²) in [5.74, 6) is 1.08. The molecule has 0 aliphatic carbocycles. The fourth-order valence-electron chi connectivity index (χ4n) is 2.63. The fraction of sp³-hybridized carbons (Fsp3) is 0. The van der Waals surface area contributed by atoms with Gasteiger partial charge in [0, 0.05) is 10.7 Å². The van der Waals surface area contributed by atoms with E-state index in [0.29, 0.717) is 17.1 Å². The van der Waals surface area contributed by atoms with Crippen LogP contribution in [0.5, 0.6) is 11.5 Å². The molecule has 0 unspecified atom stereocenters. The van der Waals surface area contributed by atoms with Gasteiger partial charge in [-0.1, -0.05) is 40.2 Å². The number of ether oxygens (including phenoxy) is 1. The highest BCUT2D eigenvalue weighted by Gasteiger charge is 2.07. The minimum atomic E-state index is -0.445. The fourth-order valence-corrected chi connectivity index (χ4v) is 3.05. The Balaban J connectivity index is 1.56. The molecule has 4 nitrogen and oxygen atoms in total. The third-order valence-electron chi connectivity index (χ3n) is 3.89. The summed E-state index contributed by atoms with van der Waals surface area (Å²) in [4.78, 5) is 16.2. The van der Waals surface area contributed by atoms with Crippen LogP contribution in [0.2, 0.25) is 0 Å². The molecule has 0 radical (unpaired) electrons. The molecule has 0 N–H and O–H groups in total. The smallest absolute Gasteiger partial charge is 0.339 e. The number of para-hydroxylation sites is 1. The number of hydrogen-bond donors (Lipinski definition) is 0. The van der Waals surface area contributed by atoms with Gasteiger partial charge in [0.1, 0.15) is 17.1 Å². The van der Waals surface area contributed by atoms with E-state index in [1.54, 1.807) is 12.3 Å². The van der Waals surface area contributed by atoms with Crippen molar-refractivity contribution in [2.75, 3.05) is 0 Å². The largest absolute Gasteiger partial charge is 0.456 e. The van der Waals surface area contributed by atoms with Crippen molar-refractivity contribution in [2.24, 2.45) is 4.99 Å². The summed E-state index contributed by atoms with van der Waals surface area (Å²) < 4.78 is 12.1. The van der Waals surface area contributed by atoms with E-state index in [0.717, 1.165) is 21.1 Å². The van der Waals surface area contributed by atoms with E-state index in [-0.39, 0.29) is 0 Å². The average Bonchev–Trinajstić information content (AvgIpc) is 2.67. The Bertz CT molecular complexity index is 1180. The highest BCUT2D eigenvalue weighted by molar-refractivity contribution is 9.10. The second-order valence-electron chi connectivity index (χ2n) is 5.84. The number of rotatable bonds is 4. The molecular weight excluding hydrogens is 406 g/mol. The van der Waals surface area contributed by atoms with Gasteiger partial charge < -0.3 is 9.15 Å². The lowest BCUT2D eigenvalue weighted by Crippen LogP contribution is -1.98. The zero-order chi connectivity index (χ0) is 18.6. The van der Waals surface area contributed by atoms with Crippen LogP contribution in [-0.2, 0) is 0 Å². The predicted molar refractivity (Wildman–Crippen MR) is 110 cm³/mol. The topological polar surface area (TPSA) is 51.8 Å². The molecule has 0 aliphatic heterocycles. The van der Waals surface area contributed by atoms with Gasteiger partial charge in [-0.3, -0.25) is 4.99 Å². The maximum atomic E-state index is 11.7. The first-order valence-electron chi connectivity index (χ1n) is 8.28. The Labute approximate surface area is 163 Å². The van der Waals surface area contributed by atoms with Crippen LogP contribution in [0, 0.1) is 0 Å². The van der Waals surface area contributed by atoms with Crippen LogP contribution in [-0.4, -0.2) is 6.21 Å². The third kappa shape index (κ3) is 4.15. The van der Waals surface area contributed by atoms with Gasteiger partial charge in [0.15, 0.2) is 0 Å². The monoisotopic (exact) mass is 419 g/mol. The number of aliphatic imine (C=N–C) groups is 1. The molecule has 3 aromatic carbocycles. The highest BCUT2D eigenvalue weighted by Crippen LogP contribution is 2.29. The molecule has 0 spiro atoms. The van der Waals surface area contributed by atoms with Crippen molar-refractivity contribution in [3.63, 3.8) is 0 Å². The number of halogens is 1. The highest BCUT2D eigenvalue weighted by atomic mass is 79.9. The van der Waals surface area contributed by atoms with E-state index < -0.39 is 5.63 Å². The lowest BCUT2D eigenvalue weighted by Gasteiger charge is -2.08. The Morgan fingerprint density at radius 1 is 0.926 bits per heavy atom. The molecule has 0 saturated heterocycles. The molecule has 5 heteroatoms. The molecule has 0 bridgehead atoms. The first-order valence-corrected chi connectivity index (χ1v) is 9.07. The van der Waals surface area contributed by atoms with Gasteiger partial charge >= 0.3 is 5.63 Å². The summed E-state index contributed by atoms with van der Waals surface area (Å²) in [6.45, 7) is 0.